The van der Waals surface area contributed by atoms with Gasteiger partial charge in [-0.15, -0.1) is 0 Å². The number of rotatable bonds is 7. The first kappa shape index (κ1) is 15.9. The largest absolute Gasteiger partial charge is 0.396 e. The first-order valence-electron chi connectivity index (χ1n) is 7.38. The van der Waals surface area contributed by atoms with Gasteiger partial charge in [-0.3, -0.25) is 0 Å². The second kappa shape index (κ2) is 7.05. The number of aliphatic hydroxyl groups is 1. The zero-order chi connectivity index (χ0) is 16.2. The summed E-state index contributed by atoms with van der Waals surface area (Å²) in [5, 5.41) is 21.7. The molecule has 9 heteroatoms. The van der Waals surface area contributed by atoms with Crippen molar-refractivity contribution in [1.82, 2.24) is 34.3 Å². The standard InChI is InChI=1S/C14H18BrN7O/c1-20-9-11(15)8-12(20)14-18-13(10-22-16-4-5-17-22)19-21(14)6-2-3-7-23/h4-5,8-9,23H,2-3,6-7,10H2,1H3. The molecule has 0 fully saturated rings. The van der Waals surface area contributed by atoms with Crippen molar-refractivity contribution >= 4 is 15.9 Å². The lowest BCUT2D eigenvalue weighted by Gasteiger charge is -2.06. The molecule has 0 saturated carbocycles. The number of aromatic nitrogens is 7. The van der Waals surface area contributed by atoms with Crippen molar-refractivity contribution in [2.45, 2.75) is 25.9 Å². The van der Waals surface area contributed by atoms with Crippen molar-refractivity contribution in [2.24, 2.45) is 7.05 Å². The highest BCUT2D eigenvalue weighted by molar-refractivity contribution is 9.10. The highest BCUT2D eigenvalue weighted by Gasteiger charge is 2.16. The molecule has 0 atom stereocenters. The van der Waals surface area contributed by atoms with Gasteiger partial charge in [-0.05, 0) is 34.8 Å². The fourth-order valence-corrected chi connectivity index (χ4v) is 2.90. The Hall–Kier alpha value is -2.00. The summed E-state index contributed by atoms with van der Waals surface area (Å²) in [5.74, 6) is 1.47. The molecule has 122 valence electrons. The van der Waals surface area contributed by atoms with E-state index in [4.69, 9.17) is 5.11 Å². The van der Waals surface area contributed by atoms with Crippen molar-refractivity contribution < 1.29 is 5.11 Å². The molecule has 0 saturated heterocycles. The molecule has 8 nitrogen and oxygen atoms in total. The van der Waals surface area contributed by atoms with E-state index in [1.807, 2.05) is 28.6 Å². The van der Waals surface area contributed by atoms with Crippen LogP contribution in [0.3, 0.4) is 0 Å². The van der Waals surface area contributed by atoms with E-state index in [0.29, 0.717) is 18.9 Å². The first-order valence-corrected chi connectivity index (χ1v) is 8.17. The van der Waals surface area contributed by atoms with Gasteiger partial charge in [-0.25, -0.2) is 9.67 Å². The highest BCUT2D eigenvalue weighted by atomic mass is 79.9. The molecule has 23 heavy (non-hydrogen) atoms. The normalized spacial score (nSPS) is 11.3. The van der Waals surface area contributed by atoms with Crippen LogP contribution < -0.4 is 0 Å². The number of halogens is 1. The lowest BCUT2D eigenvalue weighted by atomic mass is 10.3. The first-order chi connectivity index (χ1) is 11.2. The zero-order valence-corrected chi connectivity index (χ0v) is 14.4. The van der Waals surface area contributed by atoms with Gasteiger partial charge in [0, 0.05) is 30.9 Å². The minimum Gasteiger partial charge on any atom is -0.396 e. The smallest absolute Gasteiger partial charge is 0.175 e. The Bertz CT molecular complexity index is 762. The van der Waals surface area contributed by atoms with Crippen molar-refractivity contribution in [1.29, 1.82) is 0 Å². The van der Waals surface area contributed by atoms with Gasteiger partial charge in [0.1, 0.15) is 6.54 Å². The van der Waals surface area contributed by atoms with Gasteiger partial charge in [-0.1, -0.05) is 0 Å². The van der Waals surface area contributed by atoms with E-state index >= 15 is 0 Å². The molecule has 3 aromatic rings. The Morgan fingerprint density at radius 1 is 1.22 bits per heavy atom. The van der Waals surface area contributed by atoms with Crippen LogP contribution >= 0.6 is 15.9 Å². The predicted octanol–water partition coefficient (Wildman–Crippen LogP) is 1.46. The van der Waals surface area contributed by atoms with Gasteiger partial charge < -0.3 is 9.67 Å². The van der Waals surface area contributed by atoms with Crippen LogP contribution in [0.25, 0.3) is 11.5 Å². The van der Waals surface area contributed by atoms with E-state index in [9.17, 15) is 0 Å². The van der Waals surface area contributed by atoms with Crippen molar-refractivity contribution in [3.8, 4) is 11.5 Å². The summed E-state index contributed by atoms with van der Waals surface area (Å²) in [4.78, 5) is 6.21. The zero-order valence-electron chi connectivity index (χ0n) is 12.8. The molecule has 0 amide bonds. The number of unbranched alkanes of at least 4 members (excludes halogenated alkanes) is 1. The van der Waals surface area contributed by atoms with Crippen LogP contribution in [0, 0.1) is 0 Å². The number of hydrogen-bond donors (Lipinski definition) is 1. The van der Waals surface area contributed by atoms with Crippen LogP contribution in [-0.2, 0) is 20.1 Å². The van der Waals surface area contributed by atoms with Crippen molar-refractivity contribution in [3.63, 3.8) is 0 Å². The number of nitrogens with zero attached hydrogens (tertiary/aromatic N) is 7. The molecule has 0 unspecified atom stereocenters. The Labute approximate surface area is 141 Å². The quantitative estimate of drug-likeness (QED) is 0.627. The minimum absolute atomic E-state index is 0.184. The average molecular weight is 380 g/mol. The lowest BCUT2D eigenvalue weighted by Crippen LogP contribution is -2.07. The third-order valence-electron chi connectivity index (χ3n) is 3.44. The fourth-order valence-electron chi connectivity index (χ4n) is 2.37. The Balaban J connectivity index is 1.91. The van der Waals surface area contributed by atoms with Crippen molar-refractivity contribution in [2.75, 3.05) is 6.61 Å². The van der Waals surface area contributed by atoms with E-state index in [1.165, 1.54) is 0 Å². The summed E-state index contributed by atoms with van der Waals surface area (Å²) in [6.07, 6.45) is 6.84. The third kappa shape index (κ3) is 3.67. The molecule has 3 aromatic heterocycles. The topological polar surface area (TPSA) is 86.6 Å². The van der Waals surface area contributed by atoms with Crippen LogP contribution in [0.2, 0.25) is 0 Å². The van der Waals surface area contributed by atoms with Gasteiger partial charge >= 0.3 is 0 Å². The molecule has 0 spiro atoms. The van der Waals surface area contributed by atoms with Gasteiger partial charge in [0.05, 0.1) is 18.1 Å². The molecule has 0 bridgehead atoms. The Morgan fingerprint density at radius 3 is 2.65 bits per heavy atom. The van der Waals surface area contributed by atoms with E-state index in [-0.39, 0.29) is 6.61 Å². The minimum atomic E-state index is 0.184. The SMILES string of the molecule is Cn1cc(Br)cc1-c1nc(Cn2nccn2)nn1CCCCO. The maximum absolute atomic E-state index is 8.98. The maximum atomic E-state index is 8.98. The lowest BCUT2D eigenvalue weighted by molar-refractivity contribution is 0.280. The second-order valence-corrected chi connectivity index (χ2v) is 6.14. The average Bonchev–Trinajstić information content (AvgIpc) is 3.21. The predicted molar refractivity (Wildman–Crippen MR) is 87.6 cm³/mol. The summed E-state index contributed by atoms with van der Waals surface area (Å²) in [6.45, 7) is 1.32. The van der Waals surface area contributed by atoms with E-state index in [2.05, 4.69) is 36.2 Å². The maximum Gasteiger partial charge on any atom is 0.175 e. The molecule has 0 aliphatic heterocycles. The van der Waals surface area contributed by atoms with E-state index in [1.54, 1.807) is 17.2 Å². The van der Waals surface area contributed by atoms with Crippen LogP contribution in [0.5, 0.6) is 0 Å². The third-order valence-corrected chi connectivity index (χ3v) is 3.88. The number of aryl methyl sites for hydroxylation is 2. The number of aliphatic hydroxyl groups excluding tert-OH is 1. The van der Waals surface area contributed by atoms with E-state index in [0.717, 1.165) is 28.8 Å². The van der Waals surface area contributed by atoms with Crippen LogP contribution in [0.15, 0.2) is 29.1 Å². The van der Waals surface area contributed by atoms with Gasteiger partial charge in [0.15, 0.2) is 11.6 Å². The second-order valence-electron chi connectivity index (χ2n) is 5.22. The van der Waals surface area contributed by atoms with Crippen molar-refractivity contribution in [3.05, 3.63) is 35.0 Å². The fraction of sp³-hybridized carbons (Fsp3) is 0.429. The molecule has 3 rings (SSSR count). The molecule has 0 radical (unpaired) electrons. The van der Waals surface area contributed by atoms with Gasteiger partial charge in [0.25, 0.3) is 0 Å². The van der Waals surface area contributed by atoms with Crippen LogP contribution in [-0.4, -0.2) is 46.0 Å². The molecule has 3 heterocycles. The van der Waals surface area contributed by atoms with E-state index < -0.39 is 0 Å². The molecular formula is C14H18BrN7O. The Kier molecular flexibility index (Phi) is 4.87. The summed E-state index contributed by atoms with van der Waals surface area (Å²) in [7, 11) is 1.97. The van der Waals surface area contributed by atoms with Gasteiger partial charge in [0.2, 0.25) is 0 Å². The van der Waals surface area contributed by atoms with Crippen LogP contribution in [0.1, 0.15) is 18.7 Å². The monoisotopic (exact) mass is 379 g/mol. The number of hydrogen-bond acceptors (Lipinski definition) is 5. The summed E-state index contributed by atoms with van der Waals surface area (Å²) >= 11 is 3.49. The summed E-state index contributed by atoms with van der Waals surface area (Å²) < 4.78 is 4.89. The van der Waals surface area contributed by atoms with Gasteiger partial charge in [-0.2, -0.15) is 20.1 Å². The molecular weight excluding hydrogens is 362 g/mol. The Morgan fingerprint density at radius 2 is 2.00 bits per heavy atom. The summed E-state index contributed by atoms with van der Waals surface area (Å²) in [5.41, 5.74) is 0.980. The molecule has 1 N–H and O–H groups in total. The van der Waals surface area contributed by atoms with Crippen LogP contribution in [0.4, 0.5) is 0 Å². The highest BCUT2D eigenvalue weighted by Crippen LogP contribution is 2.23. The summed E-state index contributed by atoms with van der Waals surface area (Å²) in [6, 6.07) is 2.02. The molecule has 0 aliphatic rings. The molecule has 0 aromatic carbocycles. The molecule has 0 aliphatic carbocycles.